The largest absolute Gasteiger partial charge is 0.397 e. The summed E-state index contributed by atoms with van der Waals surface area (Å²) >= 11 is 3.48. The summed E-state index contributed by atoms with van der Waals surface area (Å²) in [5.41, 5.74) is 7.87. The van der Waals surface area contributed by atoms with Crippen LogP contribution in [0.2, 0.25) is 0 Å². The summed E-state index contributed by atoms with van der Waals surface area (Å²) in [7, 11) is 0. The second-order valence-electron chi connectivity index (χ2n) is 4.58. The van der Waals surface area contributed by atoms with E-state index in [2.05, 4.69) is 20.8 Å². The lowest BCUT2D eigenvalue weighted by atomic mass is 10.1. The Kier molecular flexibility index (Phi) is 4.29. The molecule has 0 amide bonds. The highest BCUT2D eigenvalue weighted by Gasteiger charge is 2.22. The maximum atomic E-state index is 9.51. The number of anilines is 2. The van der Waals surface area contributed by atoms with Crippen molar-refractivity contribution in [3.8, 4) is 0 Å². The molecule has 0 radical (unpaired) electrons. The average Bonchev–Trinajstić information content (AvgIpc) is 2.57. The standard InChI is InChI=1S/C13H19BrN2O/c14-10-5-6-12(15)13(8-10)16-7-3-1-2-4-11(16)9-17/h5-6,8,11,17H,1-4,7,9,15H2. The molecule has 17 heavy (non-hydrogen) atoms. The maximum absolute atomic E-state index is 9.51. The molecular formula is C13H19BrN2O. The van der Waals surface area contributed by atoms with Crippen molar-refractivity contribution in [1.82, 2.24) is 0 Å². The molecule has 1 aliphatic rings. The monoisotopic (exact) mass is 298 g/mol. The predicted molar refractivity (Wildman–Crippen MR) is 75.2 cm³/mol. The fourth-order valence-electron chi connectivity index (χ4n) is 2.45. The minimum atomic E-state index is 0.200. The highest BCUT2D eigenvalue weighted by molar-refractivity contribution is 9.10. The molecule has 0 bridgehead atoms. The van der Waals surface area contributed by atoms with E-state index >= 15 is 0 Å². The average molecular weight is 299 g/mol. The first-order chi connectivity index (χ1) is 8.22. The van der Waals surface area contributed by atoms with E-state index in [1.54, 1.807) is 0 Å². The number of hydrogen-bond donors (Lipinski definition) is 2. The van der Waals surface area contributed by atoms with E-state index in [9.17, 15) is 5.11 Å². The van der Waals surface area contributed by atoms with Crippen LogP contribution in [0.4, 0.5) is 11.4 Å². The lowest BCUT2D eigenvalue weighted by molar-refractivity contribution is 0.255. The third kappa shape index (κ3) is 2.93. The molecule has 1 heterocycles. The van der Waals surface area contributed by atoms with Crippen molar-refractivity contribution in [2.24, 2.45) is 0 Å². The van der Waals surface area contributed by atoms with Gasteiger partial charge in [0.2, 0.25) is 0 Å². The molecule has 2 rings (SSSR count). The van der Waals surface area contributed by atoms with Crippen LogP contribution < -0.4 is 10.6 Å². The van der Waals surface area contributed by atoms with Crippen LogP contribution in [0.5, 0.6) is 0 Å². The lowest BCUT2D eigenvalue weighted by Gasteiger charge is -2.32. The zero-order valence-electron chi connectivity index (χ0n) is 9.90. The third-order valence-corrected chi connectivity index (χ3v) is 3.88. The predicted octanol–water partition coefficient (Wildman–Crippen LogP) is 2.77. The van der Waals surface area contributed by atoms with Crippen molar-refractivity contribution >= 4 is 27.3 Å². The van der Waals surface area contributed by atoms with E-state index in [-0.39, 0.29) is 12.6 Å². The van der Waals surface area contributed by atoms with Crippen molar-refractivity contribution < 1.29 is 5.11 Å². The Labute approximate surface area is 111 Å². The van der Waals surface area contributed by atoms with Gasteiger partial charge >= 0.3 is 0 Å². The van der Waals surface area contributed by atoms with Crippen LogP contribution in [0, 0.1) is 0 Å². The van der Waals surface area contributed by atoms with Crippen LogP contribution in [0.1, 0.15) is 25.7 Å². The molecule has 1 aliphatic heterocycles. The van der Waals surface area contributed by atoms with Crippen molar-refractivity contribution in [2.45, 2.75) is 31.7 Å². The highest BCUT2D eigenvalue weighted by Crippen LogP contribution is 2.31. The number of aliphatic hydroxyl groups is 1. The minimum Gasteiger partial charge on any atom is -0.397 e. The number of halogens is 1. The molecule has 1 aromatic rings. The Morgan fingerprint density at radius 2 is 2.18 bits per heavy atom. The molecule has 0 aliphatic carbocycles. The minimum absolute atomic E-state index is 0.200. The van der Waals surface area contributed by atoms with Gasteiger partial charge in [-0.05, 0) is 31.0 Å². The summed E-state index contributed by atoms with van der Waals surface area (Å²) in [5, 5.41) is 9.51. The van der Waals surface area contributed by atoms with Gasteiger partial charge in [0.15, 0.2) is 0 Å². The lowest BCUT2D eigenvalue weighted by Crippen LogP contribution is -2.38. The highest BCUT2D eigenvalue weighted by atomic mass is 79.9. The second-order valence-corrected chi connectivity index (χ2v) is 5.50. The molecule has 0 spiro atoms. The van der Waals surface area contributed by atoms with Crippen LogP contribution in [0.15, 0.2) is 22.7 Å². The van der Waals surface area contributed by atoms with Crippen molar-refractivity contribution in [3.05, 3.63) is 22.7 Å². The van der Waals surface area contributed by atoms with Crippen LogP contribution in [-0.4, -0.2) is 24.3 Å². The van der Waals surface area contributed by atoms with Gasteiger partial charge < -0.3 is 15.7 Å². The summed E-state index contributed by atoms with van der Waals surface area (Å²) < 4.78 is 1.03. The zero-order valence-corrected chi connectivity index (χ0v) is 11.5. The fraction of sp³-hybridized carbons (Fsp3) is 0.538. The van der Waals surface area contributed by atoms with Gasteiger partial charge in [-0.15, -0.1) is 0 Å². The van der Waals surface area contributed by atoms with Crippen LogP contribution in [0.3, 0.4) is 0 Å². The number of benzene rings is 1. The van der Waals surface area contributed by atoms with Gasteiger partial charge in [0, 0.05) is 11.0 Å². The molecule has 4 heteroatoms. The number of nitrogens with two attached hydrogens (primary N) is 1. The number of rotatable bonds is 2. The van der Waals surface area contributed by atoms with Gasteiger partial charge in [-0.3, -0.25) is 0 Å². The number of nitrogens with zero attached hydrogens (tertiary/aromatic N) is 1. The molecule has 3 N–H and O–H groups in total. The number of hydrogen-bond acceptors (Lipinski definition) is 3. The molecule has 94 valence electrons. The van der Waals surface area contributed by atoms with Gasteiger partial charge in [-0.2, -0.15) is 0 Å². The van der Waals surface area contributed by atoms with E-state index in [1.807, 2.05) is 18.2 Å². The Bertz CT molecular complexity index is 384. The van der Waals surface area contributed by atoms with E-state index in [1.165, 1.54) is 19.3 Å². The van der Waals surface area contributed by atoms with Gasteiger partial charge in [0.05, 0.1) is 24.0 Å². The van der Waals surface area contributed by atoms with E-state index in [4.69, 9.17) is 5.73 Å². The van der Waals surface area contributed by atoms with Gasteiger partial charge in [0.25, 0.3) is 0 Å². The van der Waals surface area contributed by atoms with E-state index in [0.717, 1.165) is 28.8 Å². The van der Waals surface area contributed by atoms with Crippen LogP contribution in [-0.2, 0) is 0 Å². The first-order valence-electron chi connectivity index (χ1n) is 6.15. The summed E-state index contributed by atoms with van der Waals surface area (Å²) in [4.78, 5) is 2.26. The first kappa shape index (κ1) is 12.7. The SMILES string of the molecule is Nc1ccc(Br)cc1N1CCCCCC1CO. The van der Waals surface area contributed by atoms with Crippen molar-refractivity contribution in [2.75, 3.05) is 23.8 Å². The molecular weight excluding hydrogens is 280 g/mol. The fourth-order valence-corrected chi connectivity index (χ4v) is 2.80. The molecule has 1 aromatic carbocycles. The number of aliphatic hydroxyl groups excluding tert-OH is 1. The van der Waals surface area contributed by atoms with E-state index < -0.39 is 0 Å². The molecule has 1 atom stereocenters. The third-order valence-electron chi connectivity index (χ3n) is 3.39. The van der Waals surface area contributed by atoms with Gasteiger partial charge in [-0.1, -0.05) is 28.8 Å². The summed E-state index contributed by atoms with van der Waals surface area (Å²) in [5.74, 6) is 0. The first-order valence-corrected chi connectivity index (χ1v) is 6.94. The summed E-state index contributed by atoms with van der Waals surface area (Å²) in [6.07, 6.45) is 4.64. The van der Waals surface area contributed by atoms with E-state index in [0.29, 0.717) is 0 Å². The molecule has 0 aromatic heterocycles. The topological polar surface area (TPSA) is 49.5 Å². The maximum Gasteiger partial charge on any atom is 0.0635 e. The van der Waals surface area contributed by atoms with Crippen LogP contribution >= 0.6 is 15.9 Å². The summed E-state index contributed by atoms with van der Waals surface area (Å²) in [6, 6.07) is 6.11. The molecule has 3 nitrogen and oxygen atoms in total. The number of nitrogen functional groups attached to an aromatic ring is 1. The Balaban J connectivity index is 2.31. The Hall–Kier alpha value is -0.740. The smallest absolute Gasteiger partial charge is 0.0635 e. The second kappa shape index (κ2) is 5.74. The molecule has 1 saturated heterocycles. The normalized spacial score (nSPS) is 21.3. The summed E-state index contributed by atoms with van der Waals surface area (Å²) in [6.45, 7) is 1.18. The molecule has 0 saturated carbocycles. The zero-order chi connectivity index (χ0) is 12.3. The van der Waals surface area contributed by atoms with Gasteiger partial charge in [0.1, 0.15) is 0 Å². The quantitative estimate of drug-likeness (QED) is 0.826. The van der Waals surface area contributed by atoms with Crippen molar-refractivity contribution in [3.63, 3.8) is 0 Å². The Morgan fingerprint density at radius 1 is 1.35 bits per heavy atom. The van der Waals surface area contributed by atoms with Crippen molar-refractivity contribution in [1.29, 1.82) is 0 Å². The molecule has 1 fully saturated rings. The van der Waals surface area contributed by atoms with Gasteiger partial charge in [-0.25, -0.2) is 0 Å². The van der Waals surface area contributed by atoms with Crippen LogP contribution in [0.25, 0.3) is 0 Å². The molecule has 1 unspecified atom stereocenters. The Morgan fingerprint density at radius 3 is 2.94 bits per heavy atom.